The van der Waals surface area contributed by atoms with Crippen LogP contribution in [0.1, 0.15) is 37.8 Å². The van der Waals surface area contributed by atoms with Crippen molar-refractivity contribution in [2.45, 2.75) is 38.6 Å². The highest BCUT2D eigenvalue weighted by molar-refractivity contribution is 9.10. The van der Waals surface area contributed by atoms with E-state index in [9.17, 15) is 4.79 Å². The monoisotopic (exact) mass is 375 g/mol. The van der Waals surface area contributed by atoms with Crippen molar-refractivity contribution < 1.29 is 0 Å². The molecule has 2 aromatic heterocycles. The minimum Gasteiger partial charge on any atom is -0.297 e. The predicted octanol–water partition coefficient (Wildman–Crippen LogP) is 3.47. The molecule has 2 aromatic rings. The van der Waals surface area contributed by atoms with Crippen molar-refractivity contribution in [2.75, 3.05) is 13.1 Å². The highest BCUT2D eigenvalue weighted by atomic mass is 79.9. The first-order chi connectivity index (χ1) is 11.2. The van der Waals surface area contributed by atoms with Crippen LogP contribution in [0.5, 0.6) is 0 Å². The maximum absolute atomic E-state index is 12.3. The van der Waals surface area contributed by atoms with Crippen LogP contribution in [0.2, 0.25) is 0 Å². The minimum absolute atomic E-state index is 0.00106. The molecule has 3 heterocycles. The molecule has 0 bridgehead atoms. The molecule has 4 rings (SSSR count). The van der Waals surface area contributed by atoms with E-state index >= 15 is 0 Å². The Morgan fingerprint density at radius 1 is 1.17 bits per heavy atom. The first-order valence-electron chi connectivity index (χ1n) is 8.59. The summed E-state index contributed by atoms with van der Waals surface area (Å²) in [6.07, 6.45) is 8.69. The number of aromatic nitrogens is 2. The zero-order valence-electron chi connectivity index (χ0n) is 13.2. The number of rotatable bonds is 2. The molecule has 4 nitrogen and oxygen atoms in total. The molecule has 0 radical (unpaired) electrons. The molecule has 2 fully saturated rings. The van der Waals surface area contributed by atoms with E-state index in [-0.39, 0.29) is 5.56 Å². The summed E-state index contributed by atoms with van der Waals surface area (Å²) in [5.74, 6) is 1.79. The van der Waals surface area contributed by atoms with Crippen LogP contribution in [0, 0.1) is 11.8 Å². The molecule has 0 spiro atoms. The SMILES string of the molecule is O=c1cc(CN2CC[C@@H]3CCCC[C@@H]3C2)nc2ccc(Br)cn12. The third-order valence-electron chi connectivity index (χ3n) is 5.44. The molecule has 5 heteroatoms. The van der Waals surface area contributed by atoms with Crippen molar-refractivity contribution in [3.05, 3.63) is 44.9 Å². The molecule has 0 unspecified atom stereocenters. The third-order valence-corrected chi connectivity index (χ3v) is 5.91. The standard InChI is InChI=1S/C18H22BrN3O/c19-15-5-6-17-20-16(9-18(23)22(17)11-15)12-21-8-7-13-3-1-2-4-14(13)10-21/h5-6,9,11,13-14H,1-4,7-8,10,12H2/t13-,14+/m0/s1. The second-order valence-electron chi connectivity index (χ2n) is 6.99. The average molecular weight is 376 g/mol. The van der Waals surface area contributed by atoms with Crippen LogP contribution in [0.4, 0.5) is 0 Å². The Labute approximate surface area is 144 Å². The Balaban J connectivity index is 1.53. The summed E-state index contributed by atoms with van der Waals surface area (Å²) >= 11 is 3.40. The number of fused-ring (bicyclic) bond motifs is 2. The molecule has 1 aliphatic heterocycles. The summed E-state index contributed by atoms with van der Waals surface area (Å²) < 4.78 is 2.49. The lowest BCUT2D eigenvalue weighted by atomic mass is 9.75. The highest BCUT2D eigenvalue weighted by Gasteiger charge is 2.31. The molecule has 0 amide bonds. The van der Waals surface area contributed by atoms with E-state index in [0.717, 1.165) is 40.7 Å². The summed E-state index contributed by atoms with van der Waals surface area (Å²) in [7, 11) is 0. The molecule has 2 atom stereocenters. The lowest BCUT2D eigenvalue weighted by molar-refractivity contribution is 0.0812. The zero-order valence-corrected chi connectivity index (χ0v) is 14.8. The van der Waals surface area contributed by atoms with Crippen LogP contribution in [0.15, 0.2) is 33.7 Å². The Kier molecular flexibility index (Phi) is 4.24. The van der Waals surface area contributed by atoms with Crippen LogP contribution < -0.4 is 5.56 Å². The van der Waals surface area contributed by atoms with Gasteiger partial charge in [0.15, 0.2) is 0 Å². The van der Waals surface area contributed by atoms with E-state index in [1.54, 1.807) is 16.7 Å². The van der Waals surface area contributed by atoms with Gasteiger partial charge in [0.1, 0.15) is 5.65 Å². The summed E-state index contributed by atoms with van der Waals surface area (Å²) in [5.41, 5.74) is 1.62. The molecule has 1 aliphatic carbocycles. The lowest BCUT2D eigenvalue weighted by Crippen LogP contribution is -2.41. The highest BCUT2D eigenvalue weighted by Crippen LogP contribution is 2.36. The van der Waals surface area contributed by atoms with Gasteiger partial charge in [-0.25, -0.2) is 4.98 Å². The Morgan fingerprint density at radius 2 is 2.00 bits per heavy atom. The van der Waals surface area contributed by atoms with E-state index in [4.69, 9.17) is 0 Å². The average Bonchev–Trinajstić information content (AvgIpc) is 2.55. The van der Waals surface area contributed by atoms with Gasteiger partial charge in [-0.2, -0.15) is 0 Å². The maximum Gasteiger partial charge on any atom is 0.258 e. The van der Waals surface area contributed by atoms with Gasteiger partial charge in [0, 0.05) is 29.8 Å². The van der Waals surface area contributed by atoms with Gasteiger partial charge in [-0.1, -0.05) is 19.3 Å². The van der Waals surface area contributed by atoms with Gasteiger partial charge in [0.05, 0.1) is 5.69 Å². The van der Waals surface area contributed by atoms with Crippen molar-refractivity contribution in [1.29, 1.82) is 0 Å². The first kappa shape index (κ1) is 15.3. The van der Waals surface area contributed by atoms with Gasteiger partial charge < -0.3 is 0 Å². The molecule has 0 N–H and O–H groups in total. The van der Waals surface area contributed by atoms with E-state index < -0.39 is 0 Å². The van der Waals surface area contributed by atoms with Crippen LogP contribution in [0.25, 0.3) is 5.65 Å². The van der Waals surface area contributed by atoms with Crippen LogP contribution in [-0.2, 0) is 6.54 Å². The third kappa shape index (κ3) is 3.22. The second kappa shape index (κ2) is 6.36. The number of halogens is 1. The fraction of sp³-hybridized carbons (Fsp3) is 0.556. The van der Waals surface area contributed by atoms with Gasteiger partial charge in [-0.15, -0.1) is 0 Å². The molecule has 23 heavy (non-hydrogen) atoms. The fourth-order valence-corrected chi connectivity index (χ4v) is 4.59. The number of piperidine rings is 1. The van der Waals surface area contributed by atoms with Crippen molar-refractivity contribution in [2.24, 2.45) is 11.8 Å². The lowest BCUT2D eigenvalue weighted by Gasteiger charge is -2.41. The smallest absolute Gasteiger partial charge is 0.258 e. The Hall–Kier alpha value is -1.20. The van der Waals surface area contributed by atoms with Crippen molar-refractivity contribution >= 4 is 21.6 Å². The van der Waals surface area contributed by atoms with Crippen molar-refractivity contribution in [3.63, 3.8) is 0 Å². The van der Waals surface area contributed by atoms with Crippen molar-refractivity contribution in [1.82, 2.24) is 14.3 Å². The summed E-state index contributed by atoms with van der Waals surface area (Å²) in [5, 5.41) is 0. The quantitative estimate of drug-likeness (QED) is 0.806. The van der Waals surface area contributed by atoms with Crippen LogP contribution in [-0.4, -0.2) is 27.4 Å². The number of pyridine rings is 1. The Bertz CT molecular complexity index is 772. The molecular weight excluding hydrogens is 354 g/mol. The van der Waals surface area contributed by atoms with Crippen molar-refractivity contribution in [3.8, 4) is 0 Å². The molecule has 1 saturated carbocycles. The van der Waals surface area contributed by atoms with E-state index in [0.29, 0.717) is 0 Å². The van der Waals surface area contributed by atoms with Gasteiger partial charge in [-0.3, -0.25) is 14.1 Å². The van der Waals surface area contributed by atoms with E-state index in [2.05, 4.69) is 25.8 Å². The summed E-state index contributed by atoms with van der Waals surface area (Å²) in [6, 6.07) is 5.51. The molecule has 122 valence electrons. The first-order valence-corrected chi connectivity index (χ1v) is 9.38. The number of hydrogen-bond donors (Lipinski definition) is 0. The number of nitrogens with zero attached hydrogens (tertiary/aromatic N) is 3. The van der Waals surface area contributed by atoms with Gasteiger partial charge in [-0.05, 0) is 59.3 Å². The van der Waals surface area contributed by atoms with Crippen LogP contribution in [0.3, 0.4) is 0 Å². The normalized spacial score (nSPS) is 25.4. The van der Waals surface area contributed by atoms with E-state index in [1.165, 1.54) is 38.6 Å². The van der Waals surface area contributed by atoms with Gasteiger partial charge in [0.2, 0.25) is 0 Å². The molecular formula is C18H22BrN3O. The number of likely N-dealkylation sites (tertiary alicyclic amines) is 1. The minimum atomic E-state index is -0.00106. The topological polar surface area (TPSA) is 37.6 Å². The second-order valence-corrected chi connectivity index (χ2v) is 7.91. The van der Waals surface area contributed by atoms with Crippen LogP contribution >= 0.6 is 15.9 Å². The predicted molar refractivity (Wildman–Crippen MR) is 94.5 cm³/mol. The molecule has 1 saturated heterocycles. The Morgan fingerprint density at radius 3 is 2.87 bits per heavy atom. The van der Waals surface area contributed by atoms with Gasteiger partial charge >= 0.3 is 0 Å². The zero-order chi connectivity index (χ0) is 15.8. The summed E-state index contributed by atoms with van der Waals surface area (Å²) in [6.45, 7) is 3.11. The van der Waals surface area contributed by atoms with Gasteiger partial charge in [0.25, 0.3) is 5.56 Å². The fourth-order valence-electron chi connectivity index (χ4n) is 4.26. The maximum atomic E-state index is 12.3. The number of hydrogen-bond acceptors (Lipinski definition) is 3. The molecule has 0 aromatic carbocycles. The summed E-state index contributed by atoms with van der Waals surface area (Å²) in [4.78, 5) is 19.5. The van der Waals surface area contributed by atoms with E-state index in [1.807, 2.05) is 12.1 Å². The largest absolute Gasteiger partial charge is 0.297 e. The molecule has 2 aliphatic rings.